The van der Waals surface area contributed by atoms with Gasteiger partial charge in [0.25, 0.3) is 0 Å². The highest BCUT2D eigenvalue weighted by Gasteiger charge is 2.12. The van der Waals surface area contributed by atoms with Gasteiger partial charge in [0.2, 0.25) is 0 Å². The van der Waals surface area contributed by atoms with Gasteiger partial charge in [0.1, 0.15) is 5.82 Å². The van der Waals surface area contributed by atoms with E-state index in [1.165, 1.54) is 12.3 Å². The fourth-order valence-corrected chi connectivity index (χ4v) is 1.55. The van der Waals surface area contributed by atoms with Crippen molar-refractivity contribution in [3.05, 3.63) is 35.8 Å². The van der Waals surface area contributed by atoms with Gasteiger partial charge in [0, 0.05) is 19.4 Å². The number of aryl methyl sites for hydroxylation is 1. The number of anilines is 2. The Morgan fingerprint density at radius 3 is 2.89 bits per heavy atom. The fraction of sp³-hybridized carbons (Fsp3) is 0.182. The lowest BCUT2D eigenvalue weighted by Crippen LogP contribution is -2.11. The van der Waals surface area contributed by atoms with Gasteiger partial charge in [-0.15, -0.1) is 0 Å². The molecule has 0 aliphatic heterocycles. The highest BCUT2D eigenvalue weighted by molar-refractivity contribution is 5.96. The third kappa shape index (κ3) is 2.24. The SMILES string of the molecule is Cn1nccc1CNc1nccc(C(=O)O)c1N. The van der Waals surface area contributed by atoms with Gasteiger partial charge in [-0.3, -0.25) is 4.68 Å². The van der Waals surface area contributed by atoms with Crippen LogP contribution in [0.5, 0.6) is 0 Å². The molecular weight excluding hydrogens is 234 g/mol. The highest BCUT2D eigenvalue weighted by atomic mass is 16.4. The first-order valence-electron chi connectivity index (χ1n) is 5.28. The largest absolute Gasteiger partial charge is 0.478 e. The first-order valence-corrected chi connectivity index (χ1v) is 5.28. The molecule has 0 amide bonds. The van der Waals surface area contributed by atoms with E-state index in [4.69, 9.17) is 10.8 Å². The Kier molecular flexibility index (Phi) is 3.13. The molecule has 2 rings (SSSR count). The molecule has 0 fully saturated rings. The molecule has 2 heterocycles. The van der Waals surface area contributed by atoms with Crippen molar-refractivity contribution in [3.63, 3.8) is 0 Å². The number of carbonyl (C=O) groups is 1. The van der Waals surface area contributed by atoms with Crippen LogP contribution in [0.15, 0.2) is 24.5 Å². The maximum Gasteiger partial charge on any atom is 0.337 e. The van der Waals surface area contributed by atoms with E-state index in [0.29, 0.717) is 12.4 Å². The van der Waals surface area contributed by atoms with Crippen molar-refractivity contribution in [1.82, 2.24) is 14.8 Å². The Balaban J connectivity index is 2.17. The van der Waals surface area contributed by atoms with Crippen molar-refractivity contribution in [3.8, 4) is 0 Å². The summed E-state index contributed by atoms with van der Waals surface area (Å²) < 4.78 is 1.71. The van der Waals surface area contributed by atoms with E-state index in [-0.39, 0.29) is 11.3 Å². The van der Waals surface area contributed by atoms with Crippen LogP contribution in [-0.2, 0) is 13.6 Å². The number of rotatable bonds is 4. The third-order valence-electron chi connectivity index (χ3n) is 2.58. The van der Waals surface area contributed by atoms with E-state index in [9.17, 15) is 4.79 Å². The monoisotopic (exact) mass is 247 g/mol. The third-order valence-corrected chi connectivity index (χ3v) is 2.58. The summed E-state index contributed by atoms with van der Waals surface area (Å²) in [6, 6.07) is 3.22. The van der Waals surface area contributed by atoms with Crippen LogP contribution in [0.3, 0.4) is 0 Å². The molecule has 0 aliphatic carbocycles. The Morgan fingerprint density at radius 1 is 1.50 bits per heavy atom. The van der Waals surface area contributed by atoms with Gasteiger partial charge in [0.15, 0.2) is 0 Å². The van der Waals surface area contributed by atoms with Gasteiger partial charge in [-0.2, -0.15) is 5.10 Å². The summed E-state index contributed by atoms with van der Waals surface area (Å²) in [6.45, 7) is 0.469. The second-order valence-corrected chi connectivity index (χ2v) is 3.73. The maximum absolute atomic E-state index is 10.9. The lowest BCUT2D eigenvalue weighted by molar-refractivity contribution is 0.0698. The van der Waals surface area contributed by atoms with Crippen LogP contribution < -0.4 is 11.1 Å². The first-order chi connectivity index (χ1) is 8.59. The predicted molar refractivity (Wildman–Crippen MR) is 66.1 cm³/mol. The number of aromatic carboxylic acids is 1. The van der Waals surface area contributed by atoms with Crippen molar-refractivity contribution in [2.24, 2.45) is 7.05 Å². The molecule has 18 heavy (non-hydrogen) atoms. The Morgan fingerprint density at radius 2 is 2.28 bits per heavy atom. The standard InChI is InChI=1S/C11H13N5O2/c1-16-7(2-5-15-16)6-14-10-9(12)8(11(17)18)3-4-13-10/h2-5H,6,12H2,1H3,(H,13,14)(H,17,18). The average molecular weight is 247 g/mol. The van der Waals surface area contributed by atoms with Crippen LogP contribution in [-0.4, -0.2) is 25.8 Å². The molecular formula is C11H13N5O2. The zero-order valence-electron chi connectivity index (χ0n) is 9.79. The normalized spacial score (nSPS) is 10.3. The lowest BCUT2D eigenvalue weighted by atomic mass is 10.2. The van der Waals surface area contributed by atoms with E-state index in [2.05, 4.69) is 15.4 Å². The van der Waals surface area contributed by atoms with E-state index in [0.717, 1.165) is 5.69 Å². The number of hydrogen-bond donors (Lipinski definition) is 3. The quantitative estimate of drug-likeness (QED) is 0.734. The number of pyridine rings is 1. The van der Waals surface area contributed by atoms with Crippen LogP contribution in [0, 0.1) is 0 Å². The summed E-state index contributed by atoms with van der Waals surface area (Å²) >= 11 is 0. The minimum atomic E-state index is -1.07. The summed E-state index contributed by atoms with van der Waals surface area (Å²) in [6.07, 6.45) is 3.09. The highest BCUT2D eigenvalue weighted by Crippen LogP contribution is 2.20. The van der Waals surface area contributed by atoms with Gasteiger partial charge in [-0.05, 0) is 12.1 Å². The fourth-order valence-electron chi connectivity index (χ4n) is 1.55. The van der Waals surface area contributed by atoms with Crippen LogP contribution in [0.25, 0.3) is 0 Å². The Hall–Kier alpha value is -2.57. The molecule has 0 atom stereocenters. The van der Waals surface area contributed by atoms with Gasteiger partial charge < -0.3 is 16.2 Å². The molecule has 0 unspecified atom stereocenters. The van der Waals surface area contributed by atoms with Crippen LogP contribution >= 0.6 is 0 Å². The zero-order valence-corrected chi connectivity index (χ0v) is 9.79. The summed E-state index contributed by atoms with van der Waals surface area (Å²) in [5.74, 6) is -0.713. The minimum Gasteiger partial charge on any atom is -0.478 e. The maximum atomic E-state index is 10.9. The number of nitrogens with two attached hydrogens (primary N) is 1. The van der Waals surface area contributed by atoms with E-state index < -0.39 is 5.97 Å². The van der Waals surface area contributed by atoms with Crippen LogP contribution in [0.4, 0.5) is 11.5 Å². The molecule has 0 radical (unpaired) electrons. The minimum absolute atomic E-state index is 0.0394. The second-order valence-electron chi connectivity index (χ2n) is 3.73. The van der Waals surface area contributed by atoms with Gasteiger partial charge in [0.05, 0.1) is 23.5 Å². The number of nitrogens with one attached hydrogen (secondary N) is 1. The molecule has 2 aromatic heterocycles. The number of carboxylic acids is 1. The Labute approximate surface area is 103 Å². The molecule has 0 saturated heterocycles. The molecule has 0 aliphatic rings. The smallest absolute Gasteiger partial charge is 0.337 e. The van der Waals surface area contributed by atoms with E-state index in [1.807, 2.05) is 13.1 Å². The van der Waals surface area contributed by atoms with Gasteiger partial charge >= 0.3 is 5.97 Å². The molecule has 4 N–H and O–H groups in total. The number of carboxylic acid groups (broad SMARTS) is 1. The number of aromatic nitrogens is 3. The predicted octanol–water partition coefficient (Wildman–Crippen LogP) is 0.708. The van der Waals surface area contributed by atoms with Crippen molar-refractivity contribution >= 4 is 17.5 Å². The van der Waals surface area contributed by atoms with Crippen LogP contribution in [0.2, 0.25) is 0 Å². The Bertz CT molecular complexity index is 579. The van der Waals surface area contributed by atoms with Crippen molar-refractivity contribution in [2.75, 3.05) is 11.1 Å². The van der Waals surface area contributed by atoms with Crippen molar-refractivity contribution in [1.29, 1.82) is 0 Å². The van der Waals surface area contributed by atoms with Gasteiger partial charge in [-0.1, -0.05) is 0 Å². The molecule has 2 aromatic rings. The second kappa shape index (κ2) is 4.74. The molecule has 94 valence electrons. The summed E-state index contributed by atoms with van der Waals surface area (Å²) in [4.78, 5) is 14.9. The molecule has 0 saturated carbocycles. The number of hydrogen-bond acceptors (Lipinski definition) is 5. The topological polar surface area (TPSA) is 106 Å². The molecule has 0 bridgehead atoms. The van der Waals surface area contributed by atoms with E-state index in [1.54, 1.807) is 10.9 Å². The molecule has 0 spiro atoms. The molecule has 7 nitrogen and oxygen atoms in total. The van der Waals surface area contributed by atoms with Crippen LogP contribution in [0.1, 0.15) is 16.1 Å². The summed E-state index contributed by atoms with van der Waals surface area (Å²) in [7, 11) is 1.82. The van der Waals surface area contributed by atoms with E-state index >= 15 is 0 Å². The number of nitrogen functional groups attached to an aromatic ring is 1. The molecule has 7 heteroatoms. The zero-order chi connectivity index (χ0) is 13.1. The summed E-state index contributed by atoms with van der Waals surface area (Å²) in [5.41, 5.74) is 6.85. The molecule has 0 aromatic carbocycles. The summed E-state index contributed by atoms with van der Waals surface area (Å²) in [5, 5.41) is 16.0. The van der Waals surface area contributed by atoms with Crippen molar-refractivity contribution in [2.45, 2.75) is 6.54 Å². The van der Waals surface area contributed by atoms with Crippen molar-refractivity contribution < 1.29 is 9.90 Å². The first kappa shape index (κ1) is 11.9. The van der Waals surface area contributed by atoms with Gasteiger partial charge in [-0.25, -0.2) is 9.78 Å². The average Bonchev–Trinajstić information content (AvgIpc) is 2.73. The lowest BCUT2D eigenvalue weighted by Gasteiger charge is -2.09. The number of nitrogens with zero attached hydrogens (tertiary/aromatic N) is 3.